The summed E-state index contributed by atoms with van der Waals surface area (Å²) in [5.74, 6) is 0.884. The second-order valence-corrected chi connectivity index (χ2v) is 6.13. The Hall–Kier alpha value is -0.900. The molecule has 1 unspecified atom stereocenters. The lowest BCUT2D eigenvalue weighted by Gasteiger charge is -2.26. The Labute approximate surface area is 122 Å². The zero-order chi connectivity index (χ0) is 13.6. The summed E-state index contributed by atoms with van der Waals surface area (Å²) < 4.78 is 5.64. The second-order valence-electron chi connectivity index (χ2n) is 6.13. The van der Waals surface area contributed by atoms with Gasteiger partial charge in [0.2, 0.25) is 0 Å². The van der Waals surface area contributed by atoms with Crippen LogP contribution in [0.2, 0.25) is 0 Å². The lowest BCUT2D eigenvalue weighted by atomic mass is 9.96. The highest BCUT2D eigenvalue weighted by molar-refractivity contribution is 5.29. The molecule has 3 nitrogen and oxygen atoms in total. The molecule has 0 amide bonds. The Morgan fingerprint density at radius 3 is 2.90 bits per heavy atom. The molecule has 3 heteroatoms. The lowest BCUT2D eigenvalue weighted by molar-refractivity contribution is 0.122. The van der Waals surface area contributed by atoms with Crippen molar-refractivity contribution in [2.45, 2.75) is 38.3 Å². The first-order chi connectivity index (χ1) is 9.92. The minimum Gasteiger partial charge on any atom is -0.381 e. The minimum absolute atomic E-state index is 0.567. The van der Waals surface area contributed by atoms with Crippen molar-refractivity contribution in [1.82, 2.24) is 10.6 Å². The standard InChI is InChI=1S/C17H26N2O/c1-2-5-16-11-19-17(10-15(16)4-1)12-18-8-3-9-20-13-14-6-7-14/h1-2,4-5,14,17-19H,3,6-13H2. The zero-order valence-corrected chi connectivity index (χ0v) is 12.2. The molecule has 0 radical (unpaired) electrons. The predicted molar refractivity (Wildman–Crippen MR) is 81.8 cm³/mol. The monoisotopic (exact) mass is 274 g/mol. The fraction of sp³-hybridized carbons (Fsp3) is 0.647. The van der Waals surface area contributed by atoms with Gasteiger partial charge in [0.1, 0.15) is 0 Å². The number of fused-ring (bicyclic) bond motifs is 1. The highest BCUT2D eigenvalue weighted by Crippen LogP contribution is 2.28. The number of rotatable bonds is 8. The average molecular weight is 274 g/mol. The van der Waals surface area contributed by atoms with Gasteiger partial charge in [-0.3, -0.25) is 0 Å². The van der Waals surface area contributed by atoms with Gasteiger partial charge in [-0.1, -0.05) is 24.3 Å². The van der Waals surface area contributed by atoms with E-state index in [-0.39, 0.29) is 0 Å². The Kier molecular flexibility index (Phi) is 5.06. The van der Waals surface area contributed by atoms with Crippen molar-refractivity contribution in [3.05, 3.63) is 35.4 Å². The SMILES string of the molecule is c1ccc2c(c1)CNC(CNCCCOCC1CC1)C2. The summed E-state index contributed by atoms with van der Waals surface area (Å²) in [4.78, 5) is 0. The largest absolute Gasteiger partial charge is 0.381 e. The van der Waals surface area contributed by atoms with Gasteiger partial charge in [0.25, 0.3) is 0 Å². The summed E-state index contributed by atoms with van der Waals surface area (Å²) in [5, 5.41) is 7.15. The molecule has 1 aliphatic carbocycles. The first-order valence-corrected chi connectivity index (χ1v) is 8.00. The average Bonchev–Trinajstić information content (AvgIpc) is 3.30. The molecule has 110 valence electrons. The second kappa shape index (κ2) is 7.21. The molecule has 0 saturated heterocycles. The smallest absolute Gasteiger partial charge is 0.0494 e. The van der Waals surface area contributed by atoms with Gasteiger partial charge in [-0.25, -0.2) is 0 Å². The van der Waals surface area contributed by atoms with Crippen LogP contribution in [0.25, 0.3) is 0 Å². The minimum atomic E-state index is 0.567. The Morgan fingerprint density at radius 1 is 1.20 bits per heavy atom. The van der Waals surface area contributed by atoms with Gasteiger partial charge in [-0.05, 0) is 49.3 Å². The highest BCUT2D eigenvalue weighted by Gasteiger charge is 2.20. The van der Waals surface area contributed by atoms with E-state index in [2.05, 4.69) is 34.9 Å². The number of hydrogen-bond donors (Lipinski definition) is 2. The molecule has 0 bridgehead atoms. The van der Waals surface area contributed by atoms with Crippen molar-refractivity contribution in [2.75, 3.05) is 26.3 Å². The van der Waals surface area contributed by atoms with Gasteiger partial charge in [0.05, 0.1) is 0 Å². The van der Waals surface area contributed by atoms with Crippen molar-refractivity contribution in [3.63, 3.8) is 0 Å². The highest BCUT2D eigenvalue weighted by atomic mass is 16.5. The third-order valence-electron chi connectivity index (χ3n) is 4.25. The van der Waals surface area contributed by atoms with E-state index in [0.717, 1.165) is 51.6 Å². The third kappa shape index (κ3) is 4.30. The van der Waals surface area contributed by atoms with E-state index >= 15 is 0 Å². The molecule has 0 aromatic heterocycles. The Balaban J connectivity index is 1.26. The van der Waals surface area contributed by atoms with Crippen LogP contribution in [0, 0.1) is 5.92 Å². The van der Waals surface area contributed by atoms with Crippen LogP contribution in [-0.2, 0) is 17.7 Å². The van der Waals surface area contributed by atoms with Crippen LogP contribution in [0.4, 0.5) is 0 Å². The van der Waals surface area contributed by atoms with Gasteiger partial charge < -0.3 is 15.4 Å². The first-order valence-electron chi connectivity index (χ1n) is 8.00. The first kappa shape index (κ1) is 14.1. The molecule has 1 aromatic carbocycles. The van der Waals surface area contributed by atoms with E-state index in [9.17, 15) is 0 Å². The van der Waals surface area contributed by atoms with E-state index in [1.165, 1.54) is 24.0 Å². The molecular formula is C17H26N2O. The van der Waals surface area contributed by atoms with E-state index < -0.39 is 0 Å². The summed E-state index contributed by atoms with van der Waals surface area (Å²) in [6, 6.07) is 9.32. The Bertz CT molecular complexity index is 417. The molecule has 0 spiro atoms. The molecule has 2 aliphatic rings. The molecule has 1 aromatic rings. The molecule has 1 atom stereocenters. The maximum Gasteiger partial charge on any atom is 0.0494 e. The van der Waals surface area contributed by atoms with Gasteiger partial charge in [0.15, 0.2) is 0 Å². The summed E-state index contributed by atoms with van der Waals surface area (Å²) >= 11 is 0. The summed E-state index contributed by atoms with van der Waals surface area (Å²) in [6.07, 6.45) is 5.03. The Morgan fingerprint density at radius 2 is 2.05 bits per heavy atom. The zero-order valence-electron chi connectivity index (χ0n) is 12.2. The van der Waals surface area contributed by atoms with Crippen LogP contribution >= 0.6 is 0 Å². The topological polar surface area (TPSA) is 33.3 Å². The van der Waals surface area contributed by atoms with Gasteiger partial charge in [0, 0.05) is 32.3 Å². The molecule has 2 N–H and O–H groups in total. The molecule has 3 rings (SSSR count). The van der Waals surface area contributed by atoms with Crippen LogP contribution in [-0.4, -0.2) is 32.3 Å². The van der Waals surface area contributed by atoms with Crippen molar-refractivity contribution in [2.24, 2.45) is 5.92 Å². The molecular weight excluding hydrogens is 248 g/mol. The van der Waals surface area contributed by atoms with Crippen LogP contribution in [0.5, 0.6) is 0 Å². The lowest BCUT2D eigenvalue weighted by Crippen LogP contribution is -2.43. The van der Waals surface area contributed by atoms with Gasteiger partial charge in [-0.15, -0.1) is 0 Å². The van der Waals surface area contributed by atoms with E-state index in [1.807, 2.05) is 0 Å². The number of ether oxygens (including phenoxy) is 1. The molecule has 1 saturated carbocycles. The van der Waals surface area contributed by atoms with Gasteiger partial charge >= 0.3 is 0 Å². The van der Waals surface area contributed by atoms with E-state index in [1.54, 1.807) is 0 Å². The summed E-state index contributed by atoms with van der Waals surface area (Å²) in [6.45, 7) is 5.01. The van der Waals surface area contributed by atoms with E-state index in [4.69, 9.17) is 4.74 Å². The molecule has 1 fully saturated rings. The normalized spacial score (nSPS) is 21.7. The fourth-order valence-electron chi connectivity index (χ4n) is 2.78. The van der Waals surface area contributed by atoms with Crippen molar-refractivity contribution < 1.29 is 4.74 Å². The maximum atomic E-state index is 5.64. The van der Waals surface area contributed by atoms with Crippen LogP contribution in [0.3, 0.4) is 0 Å². The summed E-state index contributed by atoms with van der Waals surface area (Å²) in [7, 11) is 0. The molecule has 1 aliphatic heterocycles. The number of hydrogen-bond acceptors (Lipinski definition) is 3. The van der Waals surface area contributed by atoms with Crippen molar-refractivity contribution in [3.8, 4) is 0 Å². The number of nitrogens with one attached hydrogen (secondary N) is 2. The predicted octanol–water partition coefficient (Wildman–Crippen LogP) is 2.11. The quantitative estimate of drug-likeness (QED) is 0.712. The molecule has 20 heavy (non-hydrogen) atoms. The fourth-order valence-corrected chi connectivity index (χ4v) is 2.78. The van der Waals surface area contributed by atoms with Crippen LogP contribution in [0.15, 0.2) is 24.3 Å². The molecule has 1 heterocycles. The van der Waals surface area contributed by atoms with Crippen molar-refractivity contribution in [1.29, 1.82) is 0 Å². The van der Waals surface area contributed by atoms with Crippen LogP contribution in [0.1, 0.15) is 30.4 Å². The summed E-state index contributed by atoms with van der Waals surface area (Å²) in [5.41, 5.74) is 2.96. The number of benzene rings is 1. The van der Waals surface area contributed by atoms with E-state index in [0.29, 0.717) is 6.04 Å². The van der Waals surface area contributed by atoms with Gasteiger partial charge in [-0.2, -0.15) is 0 Å². The van der Waals surface area contributed by atoms with Crippen molar-refractivity contribution >= 4 is 0 Å². The maximum absolute atomic E-state index is 5.64. The van der Waals surface area contributed by atoms with Crippen LogP contribution < -0.4 is 10.6 Å². The third-order valence-corrected chi connectivity index (χ3v) is 4.25.